The van der Waals surface area contributed by atoms with Crippen molar-refractivity contribution in [2.45, 2.75) is 20.4 Å². The first-order valence-corrected chi connectivity index (χ1v) is 9.86. The molecule has 2 N–H and O–H groups in total. The largest absolute Gasteiger partial charge is 0.383 e. The first kappa shape index (κ1) is 20.6. The van der Waals surface area contributed by atoms with E-state index in [9.17, 15) is 4.79 Å². The van der Waals surface area contributed by atoms with E-state index < -0.39 is 0 Å². The molecule has 1 aliphatic rings. The van der Waals surface area contributed by atoms with Crippen LogP contribution in [-0.2, 0) is 16.1 Å². The van der Waals surface area contributed by atoms with Crippen molar-refractivity contribution in [2.24, 2.45) is 4.99 Å². The number of hydrogen-bond donors (Lipinski definition) is 2. The van der Waals surface area contributed by atoms with Crippen LogP contribution >= 0.6 is 11.3 Å². The van der Waals surface area contributed by atoms with Crippen LogP contribution in [0, 0.1) is 6.92 Å². The van der Waals surface area contributed by atoms with Crippen LogP contribution in [-0.4, -0.2) is 86.2 Å². The van der Waals surface area contributed by atoms with Gasteiger partial charge in [-0.3, -0.25) is 9.69 Å². The van der Waals surface area contributed by atoms with E-state index in [0.717, 1.165) is 43.7 Å². The van der Waals surface area contributed by atoms with Crippen LogP contribution in [0.15, 0.2) is 11.2 Å². The summed E-state index contributed by atoms with van der Waals surface area (Å²) in [6.07, 6.45) is 1.89. The first-order chi connectivity index (χ1) is 12.6. The van der Waals surface area contributed by atoms with Gasteiger partial charge in [0.25, 0.3) is 0 Å². The molecule has 0 unspecified atom stereocenters. The van der Waals surface area contributed by atoms with E-state index in [-0.39, 0.29) is 5.91 Å². The van der Waals surface area contributed by atoms with Gasteiger partial charge in [0.05, 0.1) is 19.7 Å². The number of hydrogen-bond acceptors (Lipinski definition) is 6. The number of carbonyl (C=O) groups excluding carboxylic acids is 1. The van der Waals surface area contributed by atoms with Crippen LogP contribution in [0.5, 0.6) is 0 Å². The van der Waals surface area contributed by atoms with Crippen molar-refractivity contribution in [2.75, 3.05) is 59.5 Å². The number of carbonyl (C=O) groups is 1. The van der Waals surface area contributed by atoms with Gasteiger partial charge in [-0.05, 0) is 13.8 Å². The fourth-order valence-corrected chi connectivity index (χ4v) is 3.42. The number of aromatic nitrogens is 1. The molecule has 146 valence electrons. The van der Waals surface area contributed by atoms with E-state index in [1.54, 1.807) is 18.4 Å². The van der Waals surface area contributed by atoms with Crippen molar-refractivity contribution < 1.29 is 9.53 Å². The molecule has 1 aliphatic heterocycles. The van der Waals surface area contributed by atoms with Crippen LogP contribution in [0.25, 0.3) is 0 Å². The van der Waals surface area contributed by atoms with Crippen molar-refractivity contribution >= 4 is 23.2 Å². The average molecular weight is 383 g/mol. The number of methoxy groups -OCH3 is 1. The van der Waals surface area contributed by atoms with Crippen LogP contribution < -0.4 is 10.6 Å². The Morgan fingerprint density at radius 3 is 2.73 bits per heavy atom. The molecule has 1 aromatic heterocycles. The summed E-state index contributed by atoms with van der Waals surface area (Å²) in [4.78, 5) is 26.6. The van der Waals surface area contributed by atoms with Crippen molar-refractivity contribution in [1.82, 2.24) is 25.4 Å². The van der Waals surface area contributed by atoms with Gasteiger partial charge in [0.15, 0.2) is 5.96 Å². The Labute approximate surface area is 159 Å². The smallest absolute Gasteiger partial charge is 0.234 e. The molecule has 0 aromatic carbocycles. The van der Waals surface area contributed by atoms with E-state index in [2.05, 4.69) is 39.3 Å². The molecule has 0 saturated carbocycles. The number of nitrogens with one attached hydrogen (secondary N) is 2. The van der Waals surface area contributed by atoms with Gasteiger partial charge in [0.2, 0.25) is 5.91 Å². The number of guanidine groups is 1. The lowest BCUT2D eigenvalue weighted by Crippen LogP contribution is -2.54. The van der Waals surface area contributed by atoms with Crippen LogP contribution in [0.3, 0.4) is 0 Å². The van der Waals surface area contributed by atoms with E-state index in [0.29, 0.717) is 26.2 Å². The molecule has 1 aromatic rings. The highest BCUT2D eigenvalue weighted by atomic mass is 32.1. The molecule has 1 amide bonds. The third-order valence-corrected chi connectivity index (χ3v) is 4.93. The van der Waals surface area contributed by atoms with Gasteiger partial charge in [-0.25, -0.2) is 9.98 Å². The Hall–Kier alpha value is -1.71. The number of aliphatic imine (C=N–C) groups is 1. The van der Waals surface area contributed by atoms with Crippen molar-refractivity contribution in [1.29, 1.82) is 0 Å². The number of rotatable bonds is 8. The molecular weight excluding hydrogens is 352 g/mol. The molecule has 2 rings (SSSR count). The van der Waals surface area contributed by atoms with Gasteiger partial charge in [0, 0.05) is 57.5 Å². The lowest BCUT2D eigenvalue weighted by atomic mass is 10.3. The van der Waals surface area contributed by atoms with Gasteiger partial charge < -0.3 is 20.3 Å². The molecule has 1 saturated heterocycles. The highest BCUT2D eigenvalue weighted by Gasteiger charge is 2.21. The summed E-state index contributed by atoms with van der Waals surface area (Å²) in [5.74, 6) is 0.972. The summed E-state index contributed by atoms with van der Waals surface area (Å²) in [5.41, 5.74) is 0. The summed E-state index contributed by atoms with van der Waals surface area (Å²) in [7, 11) is 1.63. The second-order valence-corrected chi connectivity index (χ2v) is 7.46. The second kappa shape index (κ2) is 11.1. The fraction of sp³-hybridized carbons (Fsp3) is 0.706. The Morgan fingerprint density at radius 2 is 2.12 bits per heavy atom. The van der Waals surface area contributed by atoms with E-state index in [1.807, 2.05) is 6.20 Å². The van der Waals surface area contributed by atoms with Gasteiger partial charge >= 0.3 is 0 Å². The normalized spacial score (nSPS) is 16.0. The quantitative estimate of drug-likeness (QED) is 0.382. The molecule has 0 spiro atoms. The third-order valence-electron chi connectivity index (χ3n) is 4.04. The van der Waals surface area contributed by atoms with Crippen LogP contribution in [0.4, 0.5) is 0 Å². The lowest BCUT2D eigenvalue weighted by Gasteiger charge is -2.36. The third kappa shape index (κ3) is 6.89. The summed E-state index contributed by atoms with van der Waals surface area (Å²) in [6.45, 7) is 10.5. The first-order valence-electron chi connectivity index (χ1n) is 9.05. The van der Waals surface area contributed by atoms with Crippen LogP contribution in [0.2, 0.25) is 0 Å². The Bertz CT molecular complexity index is 584. The van der Waals surface area contributed by atoms with Crippen molar-refractivity contribution in [3.63, 3.8) is 0 Å². The molecule has 0 bridgehead atoms. The number of thiazole rings is 1. The number of piperazine rings is 1. The van der Waals surface area contributed by atoms with Gasteiger partial charge in [0.1, 0.15) is 5.01 Å². The zero-order valence-corrected chi connectivity index (χ0v) is 16.8. The number of ether oxygens (including phenoxy) is 1. The van der Waals surface area contributed by atoms with Crippen molar-refractivity contribution in [3.05, 3.63) is 16.1 Å². The number of aryl methyl sites for hydroxylation is 1. The highest BCUT2D eigenvalue weighted by molar-refractivity contribution is 7.11. The molecule has 0 atom stereocenters. The van der Waals surface area contributed by atoms with Gasteiger partial charge in [-0.15, -0.1) is 11.3 Å². The minimum absolute atomic E-state index is 0.0511. The fourth-order valence-electron chi connectivity index (χ4n) is 2.71. The van der Waals surface area contributed by atoms with Gasteiger partial charge in [-0.2, -0.15) is 0 Å². The zero-order valence-electron chi connectivity index (χ0n) is 16.0. The maximum Gasteiger partial charge on any atom is 0.234 e. The average Bonchev–Trinajstić information content (AvgIpc) is 3.05. The highest BCUT2D eigenvalue weighted by Crippen LogP contribution is 2.12. The molecule has 0 aliphatic carbocycles. The van der Waals surface area contributed by atoms with E-state index in [4.69, 9.17) is 9.73 Å². The number of amides is 1. The summed E-state index contributed by atoms with van der Waals surface area (Å²) >= 11 is 1.68. The maximum atomic E-state index is 11.9. The SMILES string of the molecule is CCNC(=NCc1ncc(C)s1)N1CCN(CC(=O)NCCOC)CC1. The van der Waals surface area contributed by atoms with Crippen LogP contribution in [0.1, 0.15) is 16.8 Å². The monoisotopic (exact) mass is 382 g/mol. The standard InChI is InChI=1S/C17H30N6O2S/c1-4-18-17(21-12-16-20-11-14(2)26-16)23-8-6-22(7-9-23)13-15(24)19-5-10-25-3/h11H,4-10,12-13H2,1-3H3,(H,18,21)(H,19,24). The molecule has 26 heavy (non-hydrogen) atoms. The minimum atomic E-state index is 0.0511. The maximum absolute atomic E-state index is 11.9. The predicted octanol–water partition coefficient (Wildman–Crippen LogP) is 0.297. The Morgan fingerprint density at radius 1 is 1.35 bits per heavy atom. The minimum Gasteiger partial charge on any atom is -0.383 e. The van der Waals surface area contributed by atoms with E-state index in [1.165, 1.54) is 4.88 Å². The summed E-state index contributed by atoms with van der Waals surface area (Å²) < 4.78 is 4.94. The predicted molar refractivity (Wildman–Crippen MR) is 105 cm³/mol. The Kier molecular flexibility index (Phi) is 8.79. The van der Waals surface area contributed by atoms with E-state index >= 15 is 0 Å². The Balaban J connectivity index is 1.80. The lowest BCUT2D eigenvalue weighted by molar-refractivity contribution is -0.122. The molecule has 2 heterocycles. The number of nitrogens with zero attached hydrogens (tertiary/aromatic N) is 4. The van der Waals surface area contributed by atoms with Gasteiger partial charge in [-0.1, -0.05) is 0 Å². The zero-order chi connectivity index (χ0) is 18.8. The molecule has 0 radical (unpaired) electrons. The molecule has 1 fully saturated rings. The summed E-state index contributed by atoms with van der Waals surface area (Å²) in [5, 5.41) is 7.26. The molecule has 9 heteroatoms. The molecule has 8 nitrogen and oxygen atoms in total. The second-order valence-electron chi connectivity index (χ2n) is 6.14. The summed E-state index contributed by atoms with van der Waals surface area (Å²) in [6, 6.07) is 0. The molecular formula is C17H30N6O2S. The topological polar surface area (TPSA) is 82.1 Å². The van der Waals surface area contributed by atoms with Crippen molar-refractivity contribution in [3.8, 4) is 0 Å².